The second kappa shape index (κ2) is 8.13. The van der Waals surface area contributed by atoms with Crippen LogP contribution in [0.5, 0.6) is 0 Å². The first kappa shape index (κ1) is 23.2. The highest BCUT2D eigenvalue weighted by molar-refractivity contribution is 5.85. The number of ether oxygens (including phenoxy) is 4. The molecule has 7 atom stereocenters. The van der Waals surface area contributed by atoms with Crippen molar-refractivity contribution in [1.29, 1.82) is 0 Å². The number of carbonyl (C=O) groups excluding carboxylic acids is 3. The van der Waals surface area contributed by atoms with Gasteiger partial charge in [0, 0.05) is 25.5 Å². The van der Waals surface area contributed by atoms with Crippen molar-refractivity contribution in [3.05, 3.63) is 11.6 Å². The minimum absolute atomic E-state index is 0.00743. The van der Waals surface area contributed by atoms with Gasteiger partial charge in [0.05, 0.1) is 18.1 Å². The number of hydrogen-bond donors (Lipinski definition) is 1. The van der Waals surface area contributed by atoms with Crippen molar-refractivity contribution < 1.29 is 38.4 Å². The first-order valence-electron chi connectivity index (χ1n) is 11.5. The summed E-state index contributed by atoms with van der Waals surface area (Å²) in [5.41, 5.74) is -0.949. The minimum Gasteiger partial charge on any atom is -0.465 e. The summed E-state index contributed by atoms with van der Waals surface area (Å²) < 4.78 is 22.6. The van der Waals surface area contributed by atoms with Gasteiger partial charge in [0.2, 0.25) is 0 Å². The monoisotopic (exact) mass is 450 g/mol. The largest absolute Gasteiger partial charge is 0.465 e. The molecule has 2 aliphatic carbocycles. The van der Waals surface area contributed by atoms with Gasteiger partial charge < -0.3 is 24.1 Å². The van der Waals surface area contributed by atoms with Crippen LogP contribution in [0.4, 0.5) is 0 Å². The van der Waals surface area contributed by atoms with E-state index in [-0.39, 0.29) is 42.4 Å². The Balaban J connectivity index is 1.74. The predicted octanol–water partition coefficient (Wildman–Crippen LogP) is 2.32. The number of carbonyl (C=O) groups is 3. The third-order valence-corrected chi connectivity index (χ3v) is 8.67. The van der Waals surface area contributed by atoms with Gasteiger partial charge in [-0.3, -0.25) is 9.59 Å². The second-order valence-corrected chi connectivity index (χ2v) is 10.3. The topological polar surface area (TPSA) is 112 Å². The maximum absolute atomic E-state index is 12.1. The highest BCUT2D eigenvalue weighted by Crippen LogP contribution is 2.69. The lowest BCUT2D eigenvalue weighted by molar-refractivity contribution is -0.231. The van der Waals surface area contributed by atoms with Gasteiger partial charge in [-0.2, -0.15) is 0 Å². The lowest BCUT2D eigenvalue weighted by Gasteiger charge is -2.63. The molecular formula is C24H34O8. The lowest BCUT2D eigenvalue weighted by atomic mass is 9.42. The summed E-state index contributed by atoms with van der Waals surface area (Å²) in [5, 5.41) is 11.0. The lowest BCUT2D eigenvalue weighted by Crippen LogP contribution is -2.67. The molecule has 2 aliphatic heterocycles. The van der Waals surface area contributed by atoms with Crippen molar-refractivity contribution in [3.8, 4) is 0 Å². The van der Waals surface area contributed by atoms with E-state index in [4.69, 9.17) is 18.9 Å². The summed E-state index contributed by atoms with van der Waals surface area (Å²) in [7, 11) is 0. The third kappa shape index (κ3) is 3.65. The van der Waals surface area contributed by atoms with Crippen LogP contribution in [0.3, 0.4) is 0 Å². The Kier molecular flexibility index (Phi) is 5.91. The van der Waals surface area contributed by atoms with Gasteiger partial charge in [-0.1, -0.05) is 20.3 Å². The number of epoxide rings is 1. The summed E-state index contributed by atoms with van der Waals surface area (Å²) in [6.45, 7) is 7.85. The molecule has 2 heterocycles. The average molecular weight is 451 g/mol. The molecule has 7 unspecified atom stereocenters. The summed E-state index contributed by atoms with van der Waals surface area (Å²) in [6.07, 6.45) is 3.76. The van der Waals surface area contributed by atoms with Gasteiger partial charge in [-0.25, -0.2) is 4.79 Å². The first-order chi connectivity index (χ1) is 15.0. The third-order valence-electron chi connectivity index (χ3n) is 8.67. The molecule has 3 fully saturated rings. The van der Waals surface area contributed by atoms with Crippen LogP contribution in [0.2, 0.25) is 0 Å². The van der Waals surface area contributed by atoms with Crippen LogP contribution in [-0.4, -0.2) is 60.6 Å². The maximum Gasteiger partial charge on any atom is 0.331 e. The van der Waals surface area contributed by atoms with E-state index in [0.29, 0.717) is 25.0 Å². The Morgan fingerprint density at radius 2 is 2.03 bits per heavy atom. The maximum atomic E-state index is 12.1. The van der Waals surface area contributed by atoms with Gasteiger partial charge in [-0.15, -0.1) is 0 Å². The van der Waals surface area contributed by atoms with Crippen molar-refractivity contribution in [1.82, 2.24) is 0 Å². The Hall–Kier alpha value is -1.93. The van der Waals surface area contributed by atoms with Crippen molar-refractivity contribution in [2.75, 3.05) is 19.8 Å². The molecule has 4 aliphatic rings. The van der Waals surface area contributed by atoms with Crippen molar-refractivity contribution in [2.24, 2.45) is 22.7 Å². The summed E-state index contributed by atoms with van der Waals surface area (Å²) >= 11 is 0. The summed E-state index contributed by atoms with van der Waals surface area (Å²) in [6, 6.07) is 0. The molecule has 1 N–H and O–H groups in total. The standard InChI is InChI=1S/C24H34O8/c1-14-8-20(32-16(3)26)24(13-30-15(2)25)19(6-5-7-23(24)12-31-23)22(14,4)10-18(27)17-9-21(28)29-11-17/h9,14,18-20,27H,5-8,10-13H2,1-4H3. The number of rotatable bonds is 6. The van der Waals surface area contributed by atoms with Crippen LogP contribution in [0.15, 0.2) is 11.6 Å². The molecule has 32 heavy (non-hydrogen) atoms. The van der Waals surface area contributed by atoms with Gasteiger partial charge in [0.1, 0.15) is 24.9 Å². The van der Waals surface area contributed by atoms with Gasteiger partial charge in [0.15, 0.2) is 0 Å². The fraction of sp³-hybridized carbons (Fsp3) is 0.792. The van der Waals surface area contributed by atoms with E-state index < -0.39 is 29.2 Å². The SMILES string of the molecule is CC(=O)OCC12C(OC(C)=O)CC(C)C(C)(CC(O)C3=CC(=O)OC3)C1CCCC21CO1. The molecule has 8 heteroatoms. The smallest absolute Gasteiger partial charge is 0.331 e. The number of aliphatic hydroxyl groups is 1. The number of fused-ring (bicyclic) bond motifs is 2. The second-order valence-electron chi connectivity index (χ2n) is 10.3. The summed E-state index contributed by atoms with van der Waals surface area (Å²) in [5.74, 6) is -1.06. The molecule has 0 amide bonds. The quantitative estimate of drug-likeness (QED) is 0.373. The fourth-order valence-electron chi connectivity index (χ4n) is 6.85. The Bertz CT molecular complexity index is 830. The Morgan fingerprint density at radius 1 is 1.31 bits per heavy atom. The molecule has 8 nitrogen and oxygen atoms in total. The van der Waals surface area contributed by atoms with E-state index in [0.717, 1.165) is 19.3 Å². The van der Waals surface area contributed by atoms with Gasteiger partial charge in [-0.05, 0) is 42.9 Å². The zero-order chi connectivity index (χ0) is 23.3. The van der Waals surface area contributed by atoms with Crippen molar-refractivity contribution in [3.63, 3.8) is 0 Å². The molecule has 0 aromatic carbocycles. The molecule has 0 aromatic rings. The fourth-order valence-corrected chi connectivity index (χ4v) is 6.85. The first-order valence-corrected chi connectivity index (χ1v) is 11.5. The minimum atomic E-state index is -0.816. The zero-order valence-corrected chi connectivity index (χ0v) is 19.3. The van der Waals surface area contributed by atoms with Crippen LogP contribution in [0.25, 0.3) is 0 Å². The van der Waals surface area contributed by atoms with E-state index in [1.807, 2.05) is 0 Å². The molecule has 0 aromatic heterocycles. The van der Waals surface area contributed by atoms with Crippen molar-refractivity contribution >= 4 is 17.9 Å². The molecular weight excluding hydrogens is 416 g/mol. The molecule has 1 spiro atoms. The highest BCUT2D eigenvalue weighted by atomic mass is 16.6. The molecule has 2 saturated carbocycles. The van der Waals surface area contributed by atoms with E-state index >= 15 is 0 Å². The van der Waals surface area contributed by atoms with E-state index in [9.17, 15) is 19.5 Å². The van der Waals surface area contributed by atoms with Crippen LogP contribution >= 0.6 is 0 Å². The number of cyclic esters (lactones) is 1. The molecule has 178 valence electrons. The van der Waals surface area contributed by atoms with E-state index in [1.54, 1.807) is 0 Å². The number of aliphatic hydroxyl groups excluding tert-OH is 1. The predicted molar refractivity (Wildman–Crippen MR) is 112 cm³/mol. The van der Waals surface area contributed by atoms with Crippen molar-refractivity contribution in [2.45, 2.75) is 77.6 Å². The zero-order valence-electron chi connectivity index (χ0n) is 19.3. The normalized spacial score (nSPS) is 41.3. The van der Waals surface area contributed by atoms with Gasteiger partial charge in [0.25, 0.3) is 0 Å². The van der Waals surface area contributed by atoms with Crippen LogP contribution in [-0.2, 0) is 33.3 Å². The molecule has 4 rings (SSSR count). The van der Waals surface area contributed by atoms with Crippen LogP contribution in [0, 0.1) is 22.7 Å². The number of esters is 3. The van der Waals surface area contributed by atoms with Gasteiger partial charge >= 0.3 is 17.9 Å². The summed E-state index contributed by atoms with van der Waals surface area (Å²) in [4.78, 5) is 35.5. The molecule has 0 radical (unpaired) electrons. The van der Waals surface area contributed by atoms with Crippen LogP contribution in [0.1, 0.15) is 59.8 Å². The average Bonchev–Trinajstić information content (AvgIpc) is 3.35. The Morgan fingerprint density at radius 3 is 2.59 bits per heavy atom. The number of hydrogen-bond acceptors (Lipinski definition) is 8. The molecule has 1 saturated heterocycles. The van der Waals surface area contributed by atoms with Crippen LogP contribution < -0.4 is 0 Å². The van der Waals surface area contributed by atoms with E-state index in [1.165, 1.54) is 19.9 Å². The highest BCUT2D eigenvalue weighted by Gasteiger charge is 2.75. The Labute approximate surface area is 188 Å². The molecule has 0 bridgehead atoms. The van der Waals surface area contributed by atoms with E-state index in [2.05, 4.69) is 13.8 Å².